The molecule has 7 nitrogen and oxygen atoms in total. The number of amides is 1. The van der Waals surface area contributed by atoms with E-state index in [1.165, 1.54) is 0 Å². The lowest BCUT2D eigenvalue weighted by Crippen LogP contribution is -2.41. The molecule has 3 heterocycles. The molecule has 222 valence electrons. The van der Waals surface area contributed by atoms with Crippen LogP contribution in [0.4, 0.5) is 4.79 Å². The van der Waals surface area contributed by atoms with Crippen LogP contribution in [0.2, 0.25) is 10.0 Å². The summed E-state index contributed by atoms with van der Waals surface area (Å²) in [7, 11) is 0.995. The quantitative estimate of drug-likeness (QED) is 0.288. The van der Waals surface area contributed by atoms with Gasteiger partial charge in [-0.1, -0.05) is 59.6 Å². The van der Waals surface area contributed by atoms with Gasteiger partial charge in [0.05, 0.1) is 29.0 Å². The van der Waals surface area contributed by atoms with Crippen LogP contribution in [-0.2, 0) is 27.0 Å². The Bertz CT molecular complexity index is 1520. The number of nitrogens with zero attached hydrogens (tertiary/aromatic N) is 2. The Morgan fingerprint density at radius 1 is 0.976 bits per heavy atom. The third kappa shape index (κ3) is 5.74. The van der Waals surface area contributed by atoms with E-state index in [0.29, 0.717) is 41.1 Å². The van der Waals surface area contributed by atoms with Gasteiger partial charge in [0, 0.05) is 45.8 Å². The average molecular weight is 611 g/mol. The molecular weight excluding hydrogens is 574 g/mol. The van der Waals surface area contributed by atoms with Crippen LogP contribution in [-0.4, -0.2) is 53.6 Å². The van der Waals surface area contributed by atoms with Gasteiger partial charge in [-0.3, -0.25) is 0 Å². The van der Waals surface area contributed by atoms with E-state index >= 15 is 0 Å². The number of carbonyl (C=O) groups is 1. The Kier molecular flexibility index (Phi) is 8.07. The Labute approximate surface area is 258 Å². The van der Waals surface area contributed by atoms with Crippen LogP contribution < -0.4 is 10.2 Å². The molecule has 0 radical (unpaired) electrons. The predicted octanol–water partition coefficient (Wildman–Crippen LogP) is 7.32. The lowest BCUT2D eigenvalue weighted by molar-refractivity contribution is 0.00578. The number of hydrogen-bond donors (Lipinski definition) is 0. The third-order valence-electron chi connectivity index (χ3n) is 8.12. The van der Waals surface area contributed by atoms with Crippen molar-refractivity contribution in [3.05, 3.63) is 63.6 Å². The Morgan fingerprint density at radius 3 is 2.19 bits per heavy atom. The number of hydrogen-bond acceptors (Lipinski definition) is 6. The van der Waals surface area contributed by atoms with E-state index < -0.39 is 23.9 Å². The summed E-state index contributed by atoms with van der Waals surface area (Å²) in [6, 6.07) is 13.5. The first-order chi connectivity index (χ1) is 19.6. The van der Waals surface area contributed by atoms with Crippen LogP contribution in [0.3, 0.4) is 0 Å². The first kappa shape index (κ1) is 30.7. The minimum atomic E-state index is -0.607. The summed E-state index contributed by atoms with van der Waals surface area (Å²) >= 11 is 14.1. The van der Waals surface area contributed by atoms with Crippen molar-refractivity contribution < 1.29 is 23.6 Å². The number of aromatic nitrogens is 1. The van der Waals surface area contributed by atoms with Gasteiger partial charge < -0.3 is 23.7 Å². The van der Waals surface area contributed by atoms with Gasteiger partial charge in [0.15, 0.2) is 0 Å². The Hall–Kier alpha value is -2.78. The summed E-state index contributed by atoms with van der Waals surface area (Å²) in [5.74, 6) is 0.522. The highest BCUT2D eigenvalue weighted by Crippen LogP contribution is 2.42. The van der Waals surface area contributed by atoms with Crippen LogP contribution in [0, 0.1) is 0 Å². The molecule has 1 aromatic heterocycles. The van der Waals surface area contributed by atoms with Crippen molar-refractivity contribution in [2.45, 2.75) is 78.2 Å². The van der Waals surface area contributed by atoms with Crippen molar-refractivity contribution >= 4 is 41.9 Å². The van der Waals surface area contributed by atoms with E-state index in [-0.39, 0.29) is 6.09 Å². The van der Waals surface area contributed by atoms with E-state index in [1.807, 2.05) is 90.9 Å². The predicted molar refractivity (Wildman–Crippen MR) is 168 cm³/mol. The standard InChI is InChI=1S/C32H37BCl2N2O5/c1-30(2,3)40-29(38)37-16-15-20-19(18-37)17-25(36-28(20)39-8)23-13-9-11-21(26(23)34)22-12-10-14-24(27(22)35)33-41-31(4,5)32(6,7)42-33/h9-14,17H,15-16,18H2,1-8H3. The lowest BCUT2D eigenvalue weighted by Gasteiger charge is -2.32. The van der Waals surface area contributed by atoms with Gasteiger partial charge in [0.25, 0.3) is 0 Å². The van der Waals surface area contributed by atoms with Crippen molar-refractivity contribution in [2.24, 2.45) is 0 Å². The number of fused-ring (bicyclic) bond motifs is 1. The molecule has 1 amide bonds. The number of methoxy groups -OCH3 is 1. The fraction of sp³-hybridized carbons (Fsp3) is 0.438. The highest BCUT2D eigenvalue weighted by molar-refractivity contribution is 6.66. The molecule has 0 spiro atoms. The fourth-order valence-corrected chi connectivity index (χ4v) is 5.82. The number of rotatable bonds is 4. The lowest BCUT2D eigenvalue weighted by atomic mass is 9.77. The van der Waals surface area contributed by atoms with Crippen molar-refractivity contribution in [2.75, 3.05) is 13.7 Å². The minimum Gasteiger partial charge on any atom is -0.481 e. The van der Waals surface area contributed by atoms with Crippen molar-refractivity contribution in [3.63, 3.8) is 0 Å². The van der Waals surface area contributed by atoms with Gasteiger partial charge in [-0.15, -0.1) is 0 Å². The first-order valence-electron chi connectivity index (χ1n) is 14.1. The molecule has 42 heavy (non-hydrogen) atoms. The van der Waals surface area contributed by atoms with E-state index in [4.69, 9.17) is 47.0 Å². The molecule has 0 unspecified atom stereocenters. The Morgan fingerprint density at radius 2 is 1.57 bits per heavy atom. The highest BCUT2D eigenvalue weighted by Gasteiger charge is 2.52. The molecule has 0 aliphatic carbocycles. The summed E-state index contributed by atoms with van der Waals surface area (Å²) in [5, 5.41) is 1.01. The van der Waals surface area contributed by atoms with Crippen LogP contribution in [0.15, 0.2) is 42.5 Å². The maximum Gasteiger partial charge on any atom is 0.496 e. The Balaban J connectivity index is 1.51. The smallest absolute Gasteiger partial charge is 0.481 e. The molecule has 0 N–H and O–H groups in total. The van der Waals surface area contributed by atoms with Gasteiger partial charge in [-0.2, -0.15) is 0 Å². The second kappa shape index (κ2) is 11.1. The van der Waals surface area contributed by atoms with Crippen molar-refractivity contribution in [3.8, 4) is 28.3 Å². The molecule has 0 bridgehead atoms. The molecule has 0 atom stereocenters. The summed E-state index contributed by atoms with van der Waals surface area (Å²) in [5.41, 5.74) is 3.97. The van der Waals surface area contributed by atoms with Crippen molar-refractivity contribution in [1.82, 2.24) is 9.88 Å². The molecule has 3 aromatic rings. The molecule has 0 saturated carbocycles. The van der Waals surface area contributed by atoms with Crippen LogP contribution in [0.5, 0.6) is 5.88 Å². The molecule has 1 fully saturated rings. The molecule has 1 saturated heterocycles. The van der Waals surface area contributed by atoms with Crippen LogP contribution in [0.1, 0.15) is 59.6 Å². The normalized spacial score (nSPS) is 17.7. The highest BCUT2D eigenvalue weighted by atomic mass is 35.5. The second-order valence-corrected chi connectivity index (χ2v) is 13.5. The topological polar surface area (TPSA) is 70.1 Å². The van der Waals surface area contributed by atoms with Gasteiger partial charge in [0.2, 0.25) is 5.88 Å². The molecule has 10 heteroatoms. The largest absolute Gasteiger partial charge is 0.496 e. The fourth-order valence-electron chi connectivity index (χ4n) is 5.18. The minimum absolute atomic E-state index is 0.345. The number of benzene rings is 2. The zero-order valence-corrected chi connectivity index (χ0v) is 26.9. The van der Waals surface area contributed by atoms with Crippen LogP contribution >= 0.6 is 23.2 Å². The first-order valence-corrected chi connectivity index (χ1v) is 14.9. The van der Waals surface area contributed by atoms with Gasteiger partial charge in [-0.05, 0) is 66.5 Å². The maximum atomic E-state index is 12.8. The number of carbonyl (C=O) groups excluding carboxylic acids is 1. The molecule has 2 aliphatic heterocycles. The number of pyridine rings is 1. The average Bonchev–Trinajstić information content (AvgIpc) is 3.13. The monoisotopic (exact) mass is 610 g/mol. The van der Waals surface area contributed by atoms with Crippen LogP contribution in [0.25, 0.3) is 22.4 Å². The molecule has 5 rings (SSSR count). The zero-order valence-electron chi connectivity index (χ0n) is 25.4. The summed E-state index contributed by atoms with van der Waals surface area (Å²) in [6.45, 7) is 14.5. The van der Waals surface area contributed by atoms with Gasteiger partial charge in [-0.25, -0.2) is 9.78 Å². The number of ether oxygens (including phenoxy) is 2. The van der Waals surface area contributed by atoms with Gasteiger partial charge >= 0.3 is 13.2 Å². The molecular formula is C32H37BCl2N2O5. The van der Waals surface area contributed by atoms with E-state index in [2.05, 4.69) is 0 Å². The SMILES string of the molecule is COc1nc(-c2cccc(-c3cccc(B4OC(C)(C)C(C)(C)O4)c3Cl)c2Cl)cc2c1CCN(C(=O)OC(C)(C)C)C2. The van der Waals surface area contributed by atoms with E-state index in [1.54, 1.807) is 12.0 Å². The summed E-state index contributed by atoms with van der Waals surface area (Å²) < 4.78 is 23.9. The summed E-state index contributed by atoms with van der Waals surface area (Å²) in [4.78, 5) is 19.3. The van der Waals surface area contributed by atoms with E-state index in [9.17, 15) is 4.79 Å². The van der Waals surface area contributed by atoms with Gasteiger partial charge in [0.1, 0.15) is 5.60 Å². The molecule has 2 aromatic carbocycles. The second-order valence-electron chi connectivity index (χ2n) is 12.8. The third-order valence-corrected chi connectivity index (χ3v) is 8.95. The maximum absolute atomic E-state index is 12.8. The molecule has 2 aliphatic rings. The zero-order chi connectivity index (χ0) is 30.6. The van der Waals surface area contributed by atoms with Crippen molar-refractivity contribution in [1.29, 1.82) is 0 Å². The summed E-state index contributed by atoms with van der Waals surface area (Å²) in [6.07, 6.45) is 0.266. The number of halogens is 2. The van der Waals surface area contributed by atoms with E-state index in [0.717, 1.165) is 33.3 Å².